The Morgan fingerprint density at radius 3 is 2.13 bits per heavy atom. The third-order valence-electron chi connectivity index (χ3n) is 7.96. The molecule has 0 amide bonds. The van der Waals surface area contributed by atoms with E-state index in [1.165, 1.54) is 64.4 Å². The van der Waals surface area contributed by atoms with Gasteiger partial charge in [-0.1, -0.05) is 91.0 Å². The van der Waals surface area contributed by atoms with Crippen LogP contribution in [0.1, 0.15) is 23.5 Å². The summed E-state index contributed by atoms with van der Waals surface area (Å²) in [5, 5.41) is 5.33. The predicted octanol–water partition coefficient (Wildman–Crippen LogP) is 10.3. The minimum Gasteiger partial charge on any atom is -0.309 e. The summed E-state index contributed by atoms with van der Waals surface area (Å²) < 4.78 is 5.13. The van der Waals surface area contributed by atoms with Crippen molar-refractivity contribution < 1.29 is 0 Å². The summed E-state index contributed by atoms with van der Waals surface area (Å²) in [6.45, 7) is 0. The van der Waals surface area contributed by atoms with Crippen LogP contribution in [-0.2, 0) is 0 Å². The van der Waals surface area contributed by atoms with E-state index in [-0.39, 0.29) is 0 Å². The second-order valence-electron chi connectivity index (χ2n) is 10.2. The summed E-state index contributed by atoms with van der Waals surface area (Å²) in [7, 11) is 0. The van der Waals surface area contributed by atoms with Gasteiger partial charge in [0.1, 0.15) is 0 Å². The summed E-state index contributed by atoms with van der Waals surface area (Å²) in [6.07, 6.45) is 7.89. The van der Waals surface area contributed by atoms with Crippen LogP contribution in [-0.4, -0.2) is 4.57 Å². The van der Waals surface area contributed by atoms with Gasteiger partial charge >= 0.3 is 0 Å². The number of hydrogen-bond acceptors (Lipinski definition) is 1. The van der Waals surface area contributed by atoms with Crippen LogP contribution in [0, 0.1) is 0 Å². The number of nitrogens with zero attached hydrogens (tertiary/aromatic N) is 1. The molecule has 0 saturated carbocycles. The summed E-state index contributed by atoms with van der Waals surface area (Å²) in [5.74, 6) is 0.370. The predicted molar refractivity (Wildman–Crippen MR) is 165 cm³/mol. The van der Waals surface area contributed by atoms with Gasteiger partial charge in [-0.05, 0) is 65.6 Å². The maximum Gasteiger partial charge on any atom is 0.0541 e. The SMILES string of the molecule is C1=CC(c2ccc3sc4ccccc4c3c2)CC(c2cccc(-n3c4ccccc4c4ccccc43)c2)=C1. The van der Waals surface area contributed by atoms with Crippen LogP contribution in [0.5, 0.6) is 0 Å². The smallest absolute Gasteiger partial charge is 0.0541 e. The number of hydrogen-bond donors (Lipinski definition) is 0. The molecule has 2 heterocycles. The fourth-order valence-corrected chi connectivity index (χ4v) is 7.23. The monoisotopic (exact) mass is 503 g/mol. The van der Waals surface area contributed by atoms with E-state index in [9.17, 15) is 0 Å². The highest BCUT2D eigenvalue weighted by atomic mass is 32.1. The molecule has 7 aromatic rings. The van der Waals surface area contributed by atoms with Gasteiger partial charge in [0.05, 0.1) is 11.0 Å². The third kappa shape index (κ3) is 3.38. The van der Waals surface area contributed by atoms with Crippen molar-refractivity contribution in [3.05, 3.63) is 145 Å². The molecular formula is C36H25NS. The van der Waals surface area contributed by atoms with Crippen molar-refractivity contribution in [2.45, 2.75) is 12.3 Å². The molecule has 1 nitrogen and oxygen atoms in total. The minimum atomic E-state index is 0.370. The Kier molecular flexibility index (Phi) is 4.89. The van der Waals surface area contributed by atoms with Gasteiger partial charge in [-0.2, -0.15) is 0 Å². The Bertz CT molecular complexity index is 2010. The molecule has 8 rings (SSSR count). The standard InChI is InChI=1S/C36H25NS/c1-4-16-33-29(13-1)30-14-2-5-17-34(30)37(33)28-12-8-11-26(22-28)24-9-7-10-25(21-24)27-19-20-36-32(23-27)31-15-3-6-18-35(31)38-36/h1-20,22-23,25H,21H2. The number of fused-ring (bicyclic) bond motifs is 6. The largest absolute Gasteiger partial charge is 0.309 e. The van der Waals surface area contributed by atoms with Crippen LogP contribution >= 0.6 is 11.3 Å². The summed E-state index contributed by atoms with van der Waals surface area (Å²) in [4.78, 5) is 0. The van der Waals surface area contributed by atoms with Gasteiger partial charge in [0, 0.05) is 42.6 Å². The van der Waals surface area contributed by atoms with E-state index in [0.717, 1.165) is 6.42 Å². The van der Waals surface area contributed by atoms with Gasteiger partial charge in [-0.3, -0.25) is 0 Å². The van der Waals surface area contributed by atoms with Crippen LogP contribution < -0.4 is 0 Å². The van der Waals surface area contributed by atoms with Crippen molar-refractivity contribution in [1.82, 2.24) is 4.57 Å². The average molecular weight is 504 g/mol. The Balaban J connectivity index is 1.18. The van der Waals surface area contributed by atoms with Gasteiger partial charge in [0.25, 0.3) is 0 Å². The molecule has 1 aliphatic carbocycles. The van der Waals surface area contributed by atoms with Crippen LogP contribution in [0.25, 0.3) is 53.2 Å². The van der Waals surface area contributed by atoms with Crippen LogP contribution in [0.15, 0.2) is 133 Å². The molecule has 2 heteroatoms. The van der Waals surface area contributed by atoms with E-state index in [4.69, 9.17) is 0 Å². The van der Waals surface area contributed by atoms with E-state index >= 15 is 0 Å². The Morgan fingerprint density at radius 1 is 0.605 bits per heavy atom. The first kappa shape index (κ1) is 21.7. The molecule has 1 aliphatic rings. The topological polar surface area (TPSA) is 4.93 Å². The molecule has 2 aromatic heterocycles. The first-order valence-corrected chi connectivity index (χ1v) is 14.0. The van der Waals surface area contributed by atoms with Crippen molar-refractivity contribution in [3.8, 4) is 5.69 Å². The number of thiophene rings is 1. The van der Waals surface area contributed by atoms with Crippen LogP contribution in [0.3, 0.4) is 0 Å². The molecular weight excluding hydrogens is 478 g/mol. The molecule has 0 fully saturated rings. The number of allylic oxidation sites excluding steroid dienone is 4. The van der Waals surface area contributed by atoms with E-state index < -0.39 is 0 Å². The normalized spacial score (nSPS) is 15.6. The number of para-hydroxylation sites is 2. The van der Waals surface area contributed by atoms with Crippen molar-refractivity contribution in [2.75, 3.05) is 0 Å². The fourth-order valence-electron chi connectivity index (χ4n) is 6.14. The van der Waals surface area contributed by atoms with E-state index in [1.807, 2.05) is 11.3 Å². The summed E-state index contributed by atoms with van der Waals surface area (Å²) >= 11 is 1.88. The highest BCUT2D eigenvalue weighted by Crippen LogP contribution is 2.39. The zero-order valence-electron chi connectivity index (χ0n) is 20.8. The quantitative estimate of drug-likeness (QED) is 0.226. The third-order valence-corrected chi connectivity index (χ3v) is 9.12. The lowest BCUT2D eigenvalue weighted by Gasteiger charge is -2.20. The average Bonchev–Trinajstić information content (AvgIpc) is 3.53. The van der Waals surface area contributed by atoms with Crippen LogP contribution in [0.4, 0.5) is 0 Å². The molecule has 1 unspecified atom stereocenters. The highest BCUT2D eigenvalue weighted by Gasteiger charge is 2.18. The molecule has 0 bridgehead atoms. The van der Waals surface area contributed by atoms with Crippen molar-refractivity contribution in [3.63, 3.8) is 0 Å². The van der Waals surface area contributed by atoms with Crippen LogP contribution in [0.2, 0.25) is 0 Å². The lowest BCUT2D eigenvalue weighted by Crippen LogP contribution is -2.02. The second kappa shape index (κ2) is 8.58. The molecule has 1 atom stereocenters. The molecule has 38 heavy (non-hydrogen) atoms. The maximum atomic E-state index is 2.42. The van der Waals surface area contributed by atoms with E-state index in [0.29, 0.717) is 5.92 Å². The fraction of sp³-hybridized carbons (Fsp3) is 0.0556. The van der Waals surface area contributed by atoms with Gasteiger partial charge < -0.3 is 4.57 Å². The Morgan fingerprint density at radius 2 is 1.32 bits per heavy atom. The lowest BCUT2D eigenvalue weighted by atomic mass is 9.85. The number of rotatable bonds is 3. The van der Waals surface area contributed by atoms with Crippen molar-refractivity contribution >= 4 is 58.9 Å². The Labute approximate surface area is 225 Å². The number of aromatic nitrogens is 1. The zero-order chi connectivity index (χ0) is 25.1. The highest BCUT2D eigenvalue weighted by molar-refractivity contribution is 7.25. The van der Waals surface area contributed by atoms with Gasteiger partial charge in [0.2, 0.25) is 0 Å². The molecule has 180 valence electrons. The van der Waals surface area contributed by atoms with E-state index in [1.54, 1.807) is 0 Å². The molecule has 0 saturated heterocycles. The molecule has 0 N–H and O–H groups in total. The second-order valence-corrected chi connectivity index (χ2v) is 11.2. The van der Waals surface area contributed by atoms with Gasteiger partial charge in [-0.25, -0.2) is 0 Å². The Hall–Kier alpha value is -4.40. The lowest BCUT2D eigenvalue weighted by molar-refractivity contribution is 0.869. The molecule has 0 spiro atoms. The summed E-state index contributed by atoms with van der Waals surface area (Å²) in [5.41, 5.74) is 7.77. The zero-order valence-corrected chi connectivity index (χ0v) is 21.7. The maximum absolute atomic E-state index is 2.42. The van der Waals surface area contributed by atoms with Gasteiger partial charge in [-0.15, -0.1) is 11.3 Å². The van der Waals surface area contributed by atoms with Gasteiger partial charge in [0.15, 0.2) is 0 Å². The van der Waals surface area contributed by atoms with Crippen molar-refractivity contribution in [1.29, 1.82) is 0 Å². The first-order valence-electron chi connectivity index (χ1n) is 13.2. The molecule has 5 aromatic carbocycles. The first-order chi connectivity index (χ1) is 18.8. The molecule has 0 aliphatic heterocycles. The summed E-state index contributed by atoms with van der Waals surface area (Å²) in [6, 6.07) is 42.3. The van der Waals surface area contributed by atoms with Crippen molar-refractivity contribution in [2.24, 2.45) is 0 Å². The minimum absolute atomic E-state index is 0.370. The number of benzene rings is 5. The molecule has 0 radical (unpaired) electrons. The van der Waals surface area contributed by atoms with E-state index in [2.05, 4.69) is 138 Å².